The molecule has 0 spiro atoms. The fraction of sp³-hybridized carbons (Fsp3) is 0.333. The molecule has 1 aromatic heterocycles. The Hall–Kier alpha value is -2.98. The summed E-state index contributed by atoms with van der Waals surface area (Å²) >= 11 is 0. The highest BCUT2D eigenvalue weighted by molar-refractivity contribution is 5.92. The first kappa shape index (κ1) is 21.3. The Balaban J connectivity index is 1.57. The first-order valence-corrected chi connectivity index (χ1v) is 11.0. The molecule has 0 saturated carbocycles. The quantitative estimate of drug-likeness (QED) is 0.616. The number of benzene rings is 2. The van der Waals surface area contributed by atoms with Crippen molar-refractivity contribution in [3.8, 4) is 11.1 Å². The van der Waals surface area contributed by atoms with Gasteiger partial charge in [-0.3, -0.25) is 9.78 Å². The summed E-state index contributed by atoms with van der Waals surface area (Å²) in [5.41, 5.74) is 7.28. The summed E-state index contributed by atoms with van der Waals surface area (Å²) in [4.78, 5) is 19.0. The first-order valence-electron chi connectivity index (χ1n) is 11.0. The summed E-state index contributed by atoms with van der Waals surface area (Å²) in [5, 5.41) is 10.1. The fourth-order valence-electron chi connectivity index (χ4n) is 4.53. The number of carbonyl (C=O) groups excluding carboxylic acids is 1. The molecular weight excluding hydrogens is 384 g/mol. The van der Waals surface area contributed by atoms with Gasteiger partial charge in [0.05, 0.1) is 6.61 Å². The zero-order valence-electron chi connectivity index (χ0n) is 18.5. The highest BCUT2D eigenvalue weighted by Gasteiger charge is 2.29. The van der Waals surface area contributed by atoms with Gasteiger partial charge in [-0.15, -0.1) is 0 Å². The minimum Gasteiger partial charge on any atom is -0.392 e. The molecule has 0 aliphatic carbocycles. The molecular formula is C27H30N2O2. The SMILES string of the molecule is Cc1ccc(C(=O)N2CCC(c3ccc(-c4ccccc4C(C)C)cc3CO)C2)nc1. The molecule has 160 valence electrons. The lowest BCUT2D eigenvalue weighted by molar-refractivity contribution is 0.0785. The number of aliphatic hydroxyl groups excluding tert-OH is 1. The van der Waals surface area contributed by atoms with Gasteiger partial charge in [-0.1, -0.05) is 56.3 Å². The van der Waals surface area contributed by atoms with Crippen LogP contribution in [0.1, 0.15) is 64.8 Å². The van der Waals surface area contributed by atoms with Gasteiger partial charge < -0.3 is 10.0 Å². The van der Waals surface area contributed by atoms with E-state index in [9.17, 15) is 9.90 Å². The average Bonchev–Trinajstić information content (AvgIpc) is 3.28. The van der Waals surface area contributed by atoms with Crippen molar-refractivity contribution < 1.29 is 9.90 Å². The number of amides is 1. The zero-order valence-corrected chi connectivity index (χ0v) is 18.5. The Labute approximate surface area is 184 Å². The van der Waals surface area contributed by atoms with E-state index in [0.717, 1.165) is 28.7 Å². The summed E-state index contributed by atoms with van der Waals surface area (Å²) in [7, 11) is 0. The summed E-state index contributed by atoms with van der Waals surface area (Å²) in [6, 6.07) is 18.6. The van der Waals surface area contributed by atoms with Crippen molar-refractivity contribution in [2.45, 2.75) is 45.6 Å². The van der Waals surface area contributed by atoms with E-state index in [1.54, 1.807) is 12.3 Å². The van der Waals surface area contributed by atoms with Crippen molar-refractivity contribution in [2.75, 3.05) is 13.1 Å². The normalized spacial score (nSPS) is 16.2. The van der Waals surface area contributed by atoms with Crippen molar-refractivity contribution in [3.63, 3.8) is 0 Å². The molecule has 3 aromatic rings. The monoisotopic (exact) mass is 414 g/mol. The third-order valence-electron chi connectivity index (χ3n) is 6.25. The van der Waals surface area contributed by atoms with Gasteiger partial charge in [-0.2, -0.15) is 0 Å². The number of pyridine rings is 1. The highest BCUT2D eigenvalue weighted by Crippen LogP contribution is 2.35. The molecule has 1 aliphatic heterocycles. The van der Waals surface area contributed by atoms with Crippen LogP contribution in [0.5, 0.6) is 0 Å². The molecule has 1 fully saturated rings. The average molecular weight is 415 g/mol. The summed E-state index contributed by atoms with van der Waals surface area (Å²) in [6.07, 6.45) is 2.63. The molecule has 1 aliphatic rings. The van der Waals surface area contributed by atoms with E-state index in [1.165, 1.54) is 11.1 Å². The standard InChI is InChI=1S/C27H30N2O2/c1-18(2)23-6-4-5-7-25(23)20-9-10-24(22(14-20)17-30)21-12-13-29(16-21)27(31)26-11-8-19(3)15-28-26/h4-11,14-15,18,21,30H,12-13,16-17H2,1-3H3. The van der Waals surface area contributed by atoms with E-state index in [4.69, 9.17) is 0 Å². The zero-order chi connectivity index (χ0) is 22.0. The van der Waals surface area contributed by atoms with Crippen LogP contribution >= 0.6 is 0 Å². The Morgan fingerprint density at radius 3 is 2.68 bits per heavy atom. The van der Waals surface area contributed by atoms with Crippen LogP contribution in [0.2, 0.25) is 0 Å². The number of hydrogen-bond donors (Lipinski definition) is 1. The maximum absolute atomic E-state index is 12.8. The van der Waals surface area contributed by atoms with Crippen LogP contribution < -0.4 is 0 Å². The summed E-state index contributed by atoms with van der Waals surface area (Å²) in [6.45, 7) is 7.73. The van der Waals surface area contributed by atoms with Crippen molar-refractivity contribution in [3.05, 3.63) is 88.7 Å². The second kappa shape index (κ2) is 9.03. The lowest BCUT2D eigenvalue weighted by atomic mass is 9.88. The van der Waals surface area contributed by atoms with E-state index < -0.39 is 0 Å². The molecule has 1 atom stereocenters. The molecule has 0 radical (unpaired) electrons. The predicted octanol–water partition coefficient (Wildman–Crippen LogP) is 5.30. The molecule has 2 aromatic carbocycles. The maximum atomic E-state index is 12.8. The largest absolute Gasteiger partial charge is 0.392 e. The van der Waals surface area contributed by atoms with E-state index in [0.29, 0.717) is 24.7 Å². The number of carbonyl (C=O) groups is 1. The van der Waals surface area contributed by atoms with Crippen LogP contribution in [0.15, 0.2) is 60.8 Å². The molecule has 1 unspecified atom stereocenters. The van der Waals surface area contributed by atoms with Gasteiger partial charge in [0.15, 0.2) is 0 Å². The van der Waals surface area contributed by atoms with Crippen LogP contribution in [-0.2, 0) is 6.61 Å². The van der Waals surface area contributed by atoms with Gasteiger partial charge in [0, 0.05) is 25.2 Å². The number of nitrogens with zero attached hydrogens (tertiary/aromatic N) is 2. The van der Waals surface area contributed by atoms with Gasteiger partial charge in [-0.05, 0) is 64.8 Å². The maximum Gasteiger partial charge on any atom is 0.272 e. The molecule has 4 rings (SSSR count). The van der Waals surface area contributed by atoms with Gasteiger partial charge in [0.1, 0.15) is 5.69 Å². The number of likely N-dealkylation sites (tertiary alicyclic amines) is 1. The number of hydrogen-bond acceptors (Lipinski definition) is 3. The van der Waals surface area contributed by atoms with Crippen LogP contribution in [0.3, 0.4) is 0 Å². The molecule has 1 amide bonds. The first-order chi connectivity index (χ1) is 15.0. The fourth-order valence-corrected chi connectivity index (χ4v) is 4.53. The highest BCUT2D eigenvalue weighted by atomic mass is 16.3. The van der Waals surface area contributed by atoms with Crippen molar-refractivity contribution in [2.24, 2.45) is 0 Å². The second-order valence-corrected chi connectivity index (χ2v) is 8.77. The number of aliphatic hydroxyl groups is 1. The third-order valence-corrected chi connectivity index (χ3v) is 6.25. The van der Waals surface area contributed by atoms with E-state index >= 15 is 0 Å². The Morgan fingerprint density at radius 2 is 1.97 bits per heavy atom. The third kappa shape index (κ3) is 4.40. The number of rotatable bonds is 5. The van der Waals surface area contributed by atoms with Crippen LogP contribution in [0.25, 0.3) is 11.1 Å². The van der Waals surface area contributed by atoms with Crippen molar-refractivity contribution in [1.29, 1.82) is 0 Å². The molecule has 0 bridgehead atoms. The summed E-state index contributed by atoms with van der Waals surface area (Å²) < 4.78 is 0. The lowest BCUT2D eigenvalue weighted by Gasteiger charge is -2.19. The Kier molecular flexibility index (Phi) is 6.19. The second-order valence-electron chi connectivity index (χ2n) is 8.77. The lowest BCUT2D eigenvalue weighted by Crippen LogP contribution is -2.29. The Bertz CT molecular complexity index is 1070. The molecule has 2 heterocycles. The molecule has 1 saturated heterocycles. The molecule has 4 heteroatoms. The molecule has 31 heavy (non-hydrogen) atoms. The smallest absolute Gasteiger partial charge is 0.272 e. The molecule has 4 nitrogen and oxygen atoms in total. The van der Waals surface area contributed by atoms with Crippen LogP contribution in [0, 0.1) is 6.92 Å². The van der Waals surface area contributed by atoms with Crippen LogP contribution in [0.4, 0.5) is 0 Å². The van der Waals surface area contributed by atoms with Crippen molar-refractivity contribution >= 4 is 5.91 Å². The minimum atomic E-state index is -0.0180. The van der Waals surface area contributed by atoms with Gasteiger partial charge in [0.25, 0.3) is 5.91 Å². The van der Waals surface area contributed by atoms with Gasteiger partial charge in [0.2, 0.25) is 0 Å². The van der Waals surface area contributed by atoms with Crippen LogP contribution in [-0.4, -0.2) is 34.0 Å². The molecule has 1 N–H and O–H groups in total. The minimum absolute atomic E-state index is 0.00299. The van der Waals surface area contributed by atoms with Gasteiger partial charge >= 0.3 is 0 Å². The van der Waals surface area contributed by atoms with E-state index in [2.05, 4.69) is 61.3 Å². The Morgan fingerprint density at radius 1 is 1.16 bits per heavy atom. The predicted molar refractivity (Wildman–Crippen MR) is 124 cm³/mol. The van der Waals surface area contributed by atoms with E-state index in [1.807, 2.05) is 17.9 Å². The van der Waals surface area contributed by atoms with Crippen molar-refractivity contribution in [1.82, 2.24) is 9.88 Å². The summed E-state index contributed by atoms with van der Waals surface area (Å²) in [5.74, 6) is 0.639. The van der Waals surface area contributed by atoms with E-state index in [-0.39, 0.29) is 18.4 Å². The van der Waals surface area contributed by atoms with Gasteiger partial charge in [-0.25, -0.2) is 0 Å². The number of aromatic nitrogens is 1. The topological polar surface area (TPSA) is 53.4 Å². The number of aryl methyl sites for hydroxylation is 1.